The highest BCUT2D eigenvalue weighted by Gasteiger charge is 2.19. The number of hydrogen-bond acceptors (Lipinski definition) is 8. The lowest BCUT2D eigenvalue weighted by Gasteiger charge is -2.20. The Morgan fingerprint density at radius 3 is 2.62 bits per heavy atom. The third-order valence-electron chi connectivity index (χ3n) is 6.62. The lowest BCUT2D eigenvalue weighted by molar-refractivity contribution is 0.0836. The van der Waals surface area contributed by atoms with Crippen LogP contribution in [0.5, 0.6) is 0 Å². The first-order chi connectivity index (χ1) is 17.6. The second kappa shape index (κ2) is 12.1. The van der Waals surface area contributed by atoms with Gasteiger partial charge in [-0.3, -0.25) is 9.78 Å². The molecule has 0 bridgehead atoms. The number of amides is 1. The first-order valence-electron chi connectivity index (χ1n) is 12.2. The van der Waals surface area contributed by atoms with Crippen molar-refractivity contribution in [1.82, 2.24) is 30.2 Å². The van der Waals surface area contributed by atoms with E-state index in [4.69, 9.17) is 4.74 Å². The van der Waals surface area contributed by atoms with Crippen LogP contribution in [-0.4, -0.2) is 57.6 Å². The lowest BCUT2D eigenvalue weighted by atomic mass is 9.96. The molecule has 1 aliphatic rings. The molecule has 1 atom stereocenters. The fraction of sp³-hybridized carbons (Fsp3) is 0.333. The van der Waals surface area contributed by atoms with Gasteiger partial charge in [-0.25, -0.2) is 19.9 Å². The van der Waals surface area contributed by atoms with E-state index >= 15 is 0 Å². The molecule has 0 saturated carbocycles. The minimum atomic E-state index is -0.122. The van der Waals surface area contributed by atoms with Crippen molar-refractivity contribution < 1.29 is 9.53 Å². The van der Waals surface area contributed by atoms with E-state index in [1.54, 1.807) is 25.6 Å². The Morgan fingerprint density at radius 2 is 1.86 bits per heavy atom. The predicted octanol–water partition coefficient (Wildman–Crippen LogP) is 4.06. The molecular formula is C27H31N7O2S. The maximum Gasteiger partial charge on any atom is 0.251 e. The number of carbonyl (C=O) groups is 1. The molecule has 1 aliphatic heterocycles. The van der Waals surface area contributed by atoms with Gasteiger partial charge in [0.2, 0.25) is 0 Å². The van der Waals surface area contributed by atoms with Crippen LogP contribution in [0.3, 0.4) is 0 Å². The van der Waals surface area contributed by atoms with Gasteiger partial charge in [0.25, 0.3) is 5.91 Å². The largest absolute Gasteiger partial charge is 0.381 e. The van der Waals surface area contributed by atoms with E-state index in [0.717, 1.165) is 65.4 Å². The summed E-state index contributed by atoms with van der Waals surface area (Å²) >= 11 is 0. The molecular weight excluding hydrogens is 486 g/mol. The molecule has 5 rings (SSSR count). The van der Waals surface area contributed by atoms with Crippen molar-refractivity contribution in [2.24, 2.45) is 0 Å². The molecule has 192 valence electrons. The van der Waals surface area contributed by atoms with Crippen LogP contribution in [0.4, 0.5) is 5.82 Å². The SMILES string of the molecule is CNC(=O)c1ccnc2c([C@H](C)CNc3cc(-c4cnc(C5CCOCC5)nc4)ncn3)cccc12.S. The zero-order valence-corrected chi connectivity index (χ0v) is 21.9. The van der Waals surface area contributed by atoms with E-state index < -0.39 is 0 Å². The number of ether oxygens (including phenoxy) is 1. The molecule has 0 radical (unpaired) electrons. The fourth-order valence-corrected chi connectivity index (χ4v) is 4.55. The number of aromatic nitrogens is 5. The zero-order chi connectivity index (χ0) is 24.9. The average molecular weight is 518 g/mol. The van der Waals surface area contributed by atoms with Crippen molar-refractivity contribution >= 4 is 36.1 Å². The standard InChI is InChI=1S/C27H29N7O2.H2S/c1-17(20-4-3-5-21-22(27(35)28-2)6-9-29-25(20)21)13-30-24-12-23(33-16-34-24)19-14-31-26(32-15-19)18-7-10-36-11-8-18;/h3-6,9,12,14-18H,7-8,10-11,13H2,1-2H3,(H,28,35)(H,30,33,34);1H2/t17-;/m1./s1. The Bertz CT molecular complexity index is 1360. The number of fused-ring (bicyclic) bond motifs is 1. The van der Waals surface area contributed by atoms with E-state index in [2.05, 4.69) is 48.5 Å². The molecule has 0 spiro atoms. The number of rotatable bonds is 7. The molecule has 4 aromatic rings. The number of anilines is 1. The highest BCUT2D eigenvalue weighted by molar-refractivity contribution is 7.59. The van der Waals surface area contributed by atoms with Gasteiger partial charge in [0, 0.05) is 74.2 Å². The first kappa shape index (κ1) is 26.4. The molecule has 0 unspecified atom stereocenters. The summed E-state index contributed by atoms with van der Waals surface area (Å²) in [5.41, 5.74) is 4.13. The van der Waals surface area contributed by atoms with E-state index in [0.29, 0.717) is 18.0 Å². The number of pyridine rings is 1. The van der Waals surface area contributed by atoms with Gasteiger partial charge in [0.05, 0.1) is 16.8 Å². The normalized spacial score (nSPS) is 14.5. The maximum atomic E-state index is 12.3. The minimum absolute atomic E-state index is 0. The molecule has 37 heavy (non-hydrogen) atoms. The third kappa shape index (κ3) is 5.86. The average Bonchev–Trinajstić information content (AvgIpc) is 2.95. The van der Waals surface area contributed by atoms with Crippen molar-refractivity contribution in [3.63, 3.8) is 0 Å². The molecule has 1 aromatic carbocycles. The van der Waals surface area contributed by atoms with E-state index in [9.17, 15) is 4.79 Å². The summed E-state index contributed by atoms with van der Waals surface area (Å²) < 4.78 is 5.44. The highest BCUT2D eigenvalue weighted by atomic mass is 32.1. The Morgan fingerprint density at radius 1 is 1.08 bits per heavy atom. The summed E-state index contributed by atoms with van der Waals surface area (Å²) in [7, 11) is 1.63. The van der Waals surface area contributed by atoms with Crippen LogP contribution < -0.4 is 10.6 Å². The molecule has 1 amide bonds. The first-order valence-corrected chi connectivity index (χ1v) is 12.2. The van der Waals surface area contributed by atoms with Gasteiger partial charge in [-0.05, 0) is 24.5 Å². The summed E-state index contributed by atoms with van der Waals surface area (Å²) in [5, 5.41) is 6.96. The predicted molar refractivity (Wildman–Crippen MR) is 148 cm³/mol. The summed E-state index contributed by atoms with van der Waals surface area (Å²) in [6.07, 6.45) is 8.81. The number of benzene rings is 1. The third-order valence-corrected chi connectivity index (χ3v) is 6.62. The Balaban J connectivity index is 0.00000320. The topological polar surface area (TPSA) is 115 Å². The lowest BCUT2D eigenvalue weighted by Crippen LogP contribution is -2.18. The van der Waals surface area contributed by atoms with Gasteiger partial charge in [0.15, 0.2) is 0 Å². The molecule has 1 saturated heterocycles. The molecule has 3 aromatic heterocycles. The molecule has 9 nitrogen and oxygen atoms in total. The van der Waals surface area contributed by atoms with Crippen LogP contribution in [0.15, 0.2) is 55.2 Å². The van der Waals surface area contributed by atoms with Crippen LogP contribution in [0.1, 0.15) is 53.3 Å². The van der Waals surface area contributed by atoms with Crippen molar-refractivity contribution in [1.29, 1.82) is 0 Å². The van der Waals surface area contributed by atoms with Crippen molar-refractivity contribution in [3.05, 3.63) is 72.2 Å². The van der Waals surface area contributed by atoms with Crippen LogP contribution in [0, 0.1) is 0 Å². The van der Waals surface area contributed by atoms with Gasteiger partial charge in [-0.15, -0.1) is 0 Å². The number of carbonyl (C=O) groups excluding carboxylic acids is 1. The highest BCUT2D eigenvalue weighted by Crippen LogP contribution is 2.28. The monoisotopic (exact) mass is 517 g/mol. The summed E-state index contributed by atoms with van der Waals surface area (Å²) in [5.74, 6) is 1.95. The Labute approximate surface area is 223 Å². The summed E-state index contributed by atoms with van der Waals surface area (Å²) in [6, 6.07) is 9.61. The zero-order valence-electron chi connectivity index (χ0n) is 20.9. The van der Waals surface area contributed by atoms with Crippen molar-refractivity contribution in [2.75, 3.05) is 32.1 Å². The van der Waals surface area contributed by atoms with Gasteiger partial charge in [-0.2, -0.15) is 13.5 Å². The van der Waals surface area contributed by atoms with Gasteiger partial charge in [-0.1, -0.05) is 25.1 Å². The van der Waals surface area contributed by atoms with Crippen LogP contribution >= 0.6 is 13.5 Å². The molecule has 2 N–H and O–H groups in total. The molecule has 0 aliphatic carbocycles. The minimum Gasteiger partial charge on any atom is -0.381 e. The number of nitrogens with one attached hydrogen (secondary N) is 2. The van der Waals surface area contributed by atoms with E-state index in [-0.39, 0.29) is 25.3 Å². The van der Waals surface area contributed by atoms with Crippen molar-refractivity contribution in [3.8, 4) is 11.3 Å². The number of nitrogens with zero attached hydrogens (tertiary/aromatic N) is 5. The Hall–Kier alpha value is -3.63. The van der Waals surface area contributed by atoms with E-state index in [1.165, 1.54) is 0 Å². The molecule has 10 heteroatoms. The second-order valence-electron chi connectivity index (χ2n) is 8.97. The number of hydrogen-bond donors (Lipinski definition) is 2. The van der Waals surface area contributed by atoms with Crippen molar-refractivity contribution in [2.45, 2.75) is 31.6 Å². The second-order valence-corrected chi connectivity index (χ2v) is 8.97. The smallest absolute Gasteiger partial charge is 0.251 e. The molecule has 1 fully saturated rings. The van der Waals surface area contributed by atoms with Crippen LogP contribution in [0.2, 0.25) is 0 Å². The Kier molecular flexibility index (Phi) is 8.62. The summed E-state index contributed by atoms with van der Waals surface area (Å²) in [4.78, 5) is 34.9. The van der Waals surface area contributed by atoms with Crippen LogP contribution in [-0.2, 0) is 4.74 Å². The van der Waals surface area contributed by atoms with Gasteiger partial charge in [0.1, 0.15) is 18.0 Å². The quantitative estimate of drug-likeness (QED) is 0.377. The van der Waals surface area contributed by atoms with E-state index in [1.807, 2.05) is 30.6 Å². The number of para-hydroxylation sites is 1. The molecule has 4 heterocycles. The van der Waals surface area contributed by atoms with Gasteiger partial charge < -0.3 is 15.4 Å². The summed E-state index contributed by atoms with van der Waals surface area (Å²) in [6.45, 7) is 4.29. The van der Waals surface area contributed by atoms with Gasteiger partial charge >= 0.3 is 0 Å². The van der Waals surface area contributed by atoms with Crippen LogP contribution in [0.25, 0.3) is 22.2 Å². The fourth-order valence-electron chi connectivity index (χ4n) is 4.55. The maximum absolute atomic E-state index is 12.3.